The van der Waals surface area contributed by atoms with Crippen LogP contribution in [0.1, 0.15) is 57.9 Å². The van der Waals surface area contributed by atoms with Crippen LogP contribution < -0.4 is 5.32 Å². The number of likely N-dealkylation sites (tertiary alicyclic amines) is 2. The third kappa shape index (κ3) is 8.61. The summed E-state index contributed by atoms with van der Waals surface area (Å²) in [6.45, 7) is 7.62. The molecular formula is C28H39N3O6. The third-order valence-electron chi connectivity index (χ3n) is 6.79. The van der Waals surface area contributed by atoms with Crippen LogP contribution in [0.3, 0.4) is 0 Å². The number of hydrogen-bond donors (Lipinski definition) is 2. The standard InChI is InChI=1S/C28H39N3O6/c1-28(2,3)37-27(36)30-16-13-20(14-17-30)11-12-24(32)31-15-7-10-22(19-31)25(33)29-18-23(26(34)35)21-8-5-4-6-9-21/h4-6,8-9,11-12,20,22-23H,7,10,13-19H2,1-3H3,(H,29,33)(H,34,35)/b12-11+/t22-,23?/m1/s1. The van der Waals surface area contributed by atoms with Gasteiger partial charge in [-0.25, -0.2) is 4.79 Å². The number of allylic oxidation sites excluding steroid dienone is 1. The molecule has 2 aliphatic heterocycles. The normalized spacial score (nSPS) is 19.9. The SMILES string of the molecule is CC(C)(C)OC(=O)N1CCC(/C=C/C(=O)N2CCC[C@@H](C(=O)NCC(C(=O)O)c3ccccc3)C2)CC1. The summed E-state index contributed by atoms with van der Waals surface area (Å²) in [7, 11) is 0. The average molecular weight is 514 g/mol. The Morgan fingerprint density at radius 3 is 2.35 bits per heavy atom. The second-order valence-corrected chi connectivity index (χ2v) is 10.8. The molecule has 3 amide bonds. The lowest BCUT2D eigenvalue weighted by Gasteiger charge is -2.33. The molecule has 0 bridgehead atoms. The van der Waals surface area contributed by atoms with E-state index in [0.29, 0.717) is 44.6 Å². The quantitative estimate of drug-likeness (QED) is 0.540. The highest BCUT2D eigenvalue weighted by Gasteiger charge is 2.30. The zero-order valence-electron chi connectivity index (χ0n) is 22.0. The Hall–Kier alpha value is -3.36. The molecule has 9 heteroatoms. The second kappa shape index (κ2) is 12.7. The van der Waals surface area contributed by atoms with Gasteiger partial charge in [-0.3, -0.25) is 14.4 Å². The first-order chi connectivity index (χ1) is 17.5. The minimum absolute atomic E-state index is 0.00449. The summed E-state index contributed by atoms with van der Waals surface area (Å²) in [6, 6.07) is 8.83. The van der Waals surface area contributed by atoms with Crippen molar-refractivity contribution < 1.29 is 29.0 Å². The minimum Gasteiger partial charge on any atom is -0.481 e. The number of carboxylic acids is 1. The largest absolute Gasteiger partial charge is 0.481 e. The summed E-state index contributed by atoms with van der Waals surface area (Å²) >= 11 is 0. The predicted octanol–water partition coefficient (Wildman–Crippen LogP) is 3.41. The number of hydrogen-bond acceptors (Lipinski definition) is 5. The van der Waals surface area contributed by atoms with Crippen molar-refractivity contribution in [2.24, 2.45) is 11.8 Å². The Labute approximate surface area is 218 Å². The van der Waals surface area contributed by atoms with E-state index in [2.05, 4.69) is 5.32 Å². The monoisotopic (exact) mass is 513 g/mol. The summed E-state index contributed by atoms with van der Waals surface area (Å²) in [5.74, 6) is -2.33. The summed E-state index contributed by atoms with van der Waals surface area (Å²) in [5.41, 5.74) is 0.112. The molecule has 1 unspecified atom stereocenters. The lowest BCUT2D eigenvalue weighted by Crippen LogP contribution is -2.46. The van der Waals surface area contributed by atoms with Crippen LogP contribution in [0.2, 0.25) is 0 Å². The fraction of sp³-hybridized carbons (Fsp3) is 0.571. The van der Waals surface area contributed by atoms with Gasteiger partial charge in [-0.1, -0.05) is 36.4 Å². The maximum absolute atomic E-state index is 12.8. The van der Waals surface area contributed by atoms with E-state index in [1.165, 1.54) is 0 Å². The molecule has 2 N–H and O–H groups in total. The van der Waals surface area contributed by atoms with Crippen molar-refractivity contribution in [2.45, 2.75) is 58.0 Å². The lowest BCUT2D eigenvalue weighted by molar-refractivity contribution is -0.138. The molecular weight excluding hydrogens is 474 g/mol. The van der Waals surface area contributed by atoms with Gasteiger partial charge in [0.2, 0.25) is 11.8 Å². The highest BCUT2D eigenvalue weighted by Crippen LogP contribution is 2.22. The van der Waals surface area contributed by atoms with E-state index >= 15 is 0 Å². The zero-order valence-corrected chi connectivity index (χ0v) is 22.0. The molecule has 2 fully saturated rings. The van der Waals surface area contributed by atoms with E-state index < -0.39 is 17.5 Å². The highest BCUT2D eigenvalue weighted by molar-refractivity contribution is 5.88. The summed E-state index contributed by atoms with van der Waals surface area (Å²) in [4.78, 5) is 52.9. The van der Waals surface area contributed by atoms with Gasteiger partial charge >= 0.3 is 12.1 Å². The van der Waals surface area contributed by atoms with Crippen molar-refractivity contribution in [3.05, 3.63) is 48.0 Å². The van der Waals surface area contributed by atoms with Crippen molar-refractivity contribution in [1.29, 1.82) is 0 Å². The zero-order chi connectivity index (χ0) is 27.0. The Morgan fingerprint density at radius 2 is 1.73 bits per heavy atom. The van der Waals surface area contributed by atoms with Crippen LogP contribution >= 0.6 is 0 Å². The molecule has 0 radical (unpaired) electrons. The first kappa shape index (κ1) is 28.2. The molecule has 2 saturated heterocycles. The molecule has 0 saturated carbocycles. The van der Waals surface area contributed by atoms with E-state index in [-0.39, 0.29) is 36.3 Å². The van der Waals surface area contributed by atoms with Crippen LogP contribution in [0.25, 0.3) is 0 Å². The van der Waals surface area contributed by atoms with Crippen molar-refractivity contribution in [3.8, 4) is 0 Å². The topological polar surface area (TPSA) is 116 Å². The van der Waals surface area contributed by atoms with Gasteiger partial charge in [-0.15, -0.1) is 0 Å². The van der Waals surface area contributed by atoms with E-state index in [9.17, 15) is 24.3 Å². The van der Waals surface area contributed by atoms with Gasteiger partial charge in [0.05, 0.1) is 11.8 Å². The second-order valence-electron chi connectivity index (χ2n) is 10.8. The van der Waals surface area contributed by atoms with E-state index in [1.54, 1.807) is 40.1 Å². The fourth-order valence-corrected chi connectivity index (χ4v) is 4.70. The fourth-order valence-electron chi connectivity index (χ4n) is 4.70. The molecule has 2 aliphatic rings. The number of piperidine rings is 2. The number of ether oxygens (including phenoxy) is 1. The number of nitrogens with one attached hydrogen (secondary N) is 1. The third-order valence-corrected chi connectivity index (χ3v) is 6.79. The van der Waals surface area contributed by atoms with Gasteiger partial charge in [0.25, 0.3) is 0 Å². The number of rotatable bonds is 7. The average Bonchev–Trinajstić information content (AvgIpc) is 2.87. The van der Waals surface area contributed by atoms with Crippen LogP contribution in [-0.4, -0.2) is 77.1 Å². The molecule has 2 heterocycles. The van der Waals surface area contributed by atoms with Crippen LogP contribution in [0, 0.1) is 11.8 Å². The molecule has 202 valence electrons. The molecule has 37 heavy (non-hydrogen) atoms. The van der Waals surface area contributed by atoms with Crippen molar-refractivity contribution in [2.75, 3.05) is 32.7 Å². The van der Waals surface area contributed by atoms with Gasteiger partial charge in [-0.2, -0.15) is 0 Å². The number of carboxylic acid groups (broad SMARTS) is 1. The first-order valence-electron chi connectivity index (χ1n) is 13.0. The number of carbonyl (C=O) groups is 4. The Morgan fingerprint density at radius 1 is 1.05 bits per heavy atom. The van der Waals surface area contributed by atoms with E-state index in [1.807, 2.05) is 32.9 Å². The smallest absolute Gasteiger partial charge is 0.410 e. The number of nitrogens with zero attached hydrogens (tertiary/aromatic N) is 2. The lowest BCUT2D eigenvalue weighted by atomic mass is 9.95. The van der Waals surface area contributed by atoms with Gasteiger partial charge in [0.1, 0.15) is 5.60 Å². The van der Waals surface area contributed by atoms with Crippen LogP contribution in [0.4, 0.5) is 4.79 Å². The van der Waals surface area contributed by atoms with Crippen LogP contribution in [0.15, 0.2) is 42.5 Å². The summed E-state index contributed by atoms with van der Waals surface area (Å²) < 4.78 is 5.43. The molecule has 9 nitrogen and oxygen atoms in total. The first-order valence-corrected chi connectivity index (χ1v) is 13.0. The molecule has 0 aliphatic carbocycles. The minimum atomic E-state index is -0.992. The van der Waals surface area contributed by atoms with Gasteiger partial charge in [0.15, 0.2) is 0 Å². The van der Waals surface area contributed by atoms with E-state index in [0.717, 1.165) is 12.8 Å². The number of benzene rings is 1. The maximum atomic E-state index is 12.8. The highest BCUT2D eigenvalue weighted by atomic mass is 16.6. The van der Waals surface area contributed by atoms with Crippen LogP contribution in [0.5, 0.6) is 0 Å². The van der Waals surface area contributed by atoms with Crippen molar-refractivity contribution in [1.82, 2.24) is 15.1 Å². The Bertz CT molecular complexity index is 979. The van der Waals surface area contributed by atoms with Crippen LogP contribution in [-0.2, 0) is 19.1 Å². The molecule has 1 aromatic carbocycles. The molecule has 2 atom stereocenters. The number of aliphatic carboxylic acids is 1. The number of amides is 3. The predicted molar refractivity (Wildman–Crippen MR) is 139 cm³/mol. The molecule has 1 aromatic rings. The van der Waals surface area contributed by atoms with Gasteiger partial charge in [-0.05, 0) is 64.0 Å². The summed E-state index contributed by atoms with van der Waals surface area (Å²) in [5, 5.41) is 12.4. The van der Waals surface area contributed by atoms with Crippen molar-refractivity contribution >= 4 is 23.9 Å². The molecule has 3 rings (SSSR count). The van der Waals surface area contributed by atoms with Crippen molar-refractivity contribution in [3.63, 3.8) is 0 Å². The Balaban J connectivity index is 1.46. The van der Waals surface area contributed by atoms with Gasteiger partial charge < -0.3 is 25.0 Å². The maximum Gasteiger partial charge on any atom is 0.410 e. The molecule has 0 spiro atoms. The Kier molecular flexibility index (Phi) is 9.72. The molecule has 0 aromatic heterocycles. The number of carbonyl (C=O) groups excluding carboxylic acids is 3. The van der Waals surface area contributed by atoms with Gasteiger partial charge in [0, 0.05) is 32.7 Å². The summed E-state index contributed by atoms with van der Waals surface area (Å²) in [6.07, 6.45) is 6.10. The van der Waals surface area contributed by atoms with E-state index in [4.69, 9.17) is 4.74 Å².